The van der Waals surface area contributed by atoms with Gasteiger partial charge in [-0.1, -0.05) is 52.0 Å². The number of esters is 1. The molecule has 0 unspecified atom stereocenters. The van der Waals surface area contributed by atoms with Crippen molar-refractivity contribution in [3.8, 4) is 17.3 Å². The van der Waals surface area contributed by atoms with E-state index < -0.39 is 0 Å². The van der Waals surface area contributed by atoms with Crippen molar-refractivity contribution in [2.75, 3.05) is 11.9 Å². The number of carbonyl (C=O) groups excluding carboxylic acids is 1. The van der Waals surface area contributed by atoms with Crippen LogP contribution in [0.15, 0.2) is 35.8 Å². The molecule has 188 valence electrons. The van der Waals surface area contributed by atoms with Crippen molar-refractivity contribution in [1.82, 2.24) is 4.98 Å². The second kappa shape index (κ2) is 11.0. The molecular formula is C29H33N3O2S2. The molecule has 1 aliphatic rings. The van der Waals surface area contributed by atoms with Crippen LogP contribution in [0.2, 0.25) is 0 Å². The Morgan fingerprint density at radius 2 is 2.03 bits per heavy atom. The summed E-state index contributed by atoms with van der Waals surface area (Å²) in [6.45, 7) is 11.1. The molecule has 1 atom stereocenters. The number of hydrogen-bond acceptors (Lipinski definition) is 7. The van der Waals surface area contributed by atoms with Crippen molar-refractivity contribution in [1.29, 1.82) is 5.26 Å². The van der Waals surface area contributed by atoms with Gasteiger partial charge in [0.15, 0.2) is 0 Å². The number of nitriles is 1. The van der Waals surface area contributed by atoms with Gasteiger partial charge < -0.3 is 10.1 Å². The van der Waals surface area contributed by atoms with E-state index in [9.17, 15) is 10.1 Å². The maximum atomic E-state index is 12.9. The van der Waals surface area contributed by atoms with Gasteiger partial charge in [-0.2, -0.15) is 5.26 Å². The molecule has 3 aromatic rings. The maximum Gasteiger partial charge on any atom is 0.341 e. The summed E-state index contributed by atoms with van der Waals surface area (Å²) in [5.41, 5.74) is 5.53. The number of thiophene rings is 1. The van der Waals surface area contributed by atoms with Crippen LogP contribution in [0.25, 0.3) is 16.8 Å². The van der Waals surface area contributed by atoms with E-state index in [4.69, 9.17) is 9.72 Å². The number of carbonyl (C=O) groups is 1. The van der Waals surface area contributed by atoms with E-state index >= 15 is 0 Å². The largest absolute Gasteiger partial charge is 0.462 e. The number of nitrogens with one attached hydrogen (secondary N) is 1. The summed E-state index contributed by atoms with van der Waals surface area (Å²) in [6, 6.07) is 10.6. The Bertz CT molecular complexity index is 1300. The van der Waals surface area contributed by atoms with Crippen LogP contribution in [0.1, 0.15) is 72.4 Å². The Morgan fingerprint density at radius 3 is 2.67 bits per heavy atom. The number of thiazole rings is 1. The number of ether oxygens (including phenoxy) is 1. The fourth-order valence-electron chi connectivity index (χ4n) is 4.57. The van der Waals surface area contributed by atoms with Crippen molar-refractivity contribution >= 4 is 39.2 Å². The molecule has 0 saturated carbocycles. The molecule has 0 aliphatic heterocycles. The number of allylic oxidation sites excluding steroid dienone is 1. The van der Waals surface area contributed by atoms with E-state index in [0.717, 1.165) is 47.5 Å². The summed E-state index contributed by atoms with van der Waals surface area (Å²) in [7, 11) is 0. The summed E-state index contributed by atoms with van der Waals surface area (Å²) in [4.78, 5) is 18.9. The molecule has 1 N–H and O–H groups in total. The molecule has 0 fully saturated rings. The standard InChI is InChI=1S/C29H33N3O2S2/c1-6-18-8-10-19(11-9-18)23-17-35-26(32-23)20(15-30)16-31-27-25(28(33)34-7-2)22-13-12-21(29(3,4)5)14-24(22)36-27/h8-11,16-17,21,31H,6-7,12-14H2,1-5H3/b20-16-/t21-/m0/s1. The van der Waals surface area contributed by atoms with Gasteiger partial charge >= 0.3 is 5.97 Å². The topological polar surface area (TPSA) is 75.0 Å². The van der Waals surface area contributed by atoms with E-state index in [2.05, 4.69) is 63.3 Å². The zero-order valence-corrected chi connectivity index (χ0v) is 23.2. The molecule has 5 nitrogen and oxygen atoms in total. The molecule has 0 bridgehead atoms. The number of fused-ring (bicyclic) bond motifs is 1. The Morgan fingerprint density at radius 1 is 1.28 bits per heavy atom. The van der Waals surface area contributed by atoms with Gasteiger partial charge in [0, 0.05) is 22.0 Å². The lowest BCUT2D eigenvalue weighted by molar-refractivity contribution is 0.0526. The van der Waals surface area contributed by atoms with E-state index in [1.54, 1.807) is 17.5 Å². The number of aryl methyl sites for hydroxylation is 1. The number of anilines is 1. The van der Waals surface area contributed by atoms with Crippen LogP contribution < -0.4 is 5.32 Å². The Kier molecular flexibility index (Phi) is 7.97. The van der Waals surface area contributed by atoms with Gasteiger partial charge in [-0.3, -0.25) is 0 Å². The number of benzene rings is 1. The minimum Gasteiger partial charge on any atom is -0.462 e. The fourth-order valence-corrected chi connectivity index (χ4v) is 6.65. The summed E-state index contributed by atoms with van der Waals surface area (Å²) < 4.78 is 5.41. The van der Waals surface area contributed by atoms with Gasteiger partial charge in [0.1, 0.15) is 21.7 Å². The van der Waals surface area contributed by atoms with E-state index in [0.29, 0.717) is 28.7 Å². The lowest BCUT2D eigenvalue weighted by Gasteiger charge is -2.33. The number of nitrogens with zero attached hydrogens (tertiary/aromatic N) is 2. The van der Waals surface area contributed by atoms with Gasteiger partial charge in [0.25, 0.3) is 0 Å². The Hall–Kier alpha value is -2.95. The van der Waals surface area contributed by atoms with E-state index in [1.807, 2.05) is 12.3 Å². The first-order valence-corrected chi connectivity index (χ1v) is 14.2. The highest BCUT2D eigenvalue weighted by molar-refractivity contribution is 7.16. The summed E-state index contributed by atoms with van der Waals surface area (Å²) in [5.74, 6) is 0.266. The third kappa shape index (κ3) is 5.55. The second-order valence-electron chi connectivity index (χ2n) is 10.1. The molecule has 0 radical (unpaired) electrons. The van der Waals surface area contributed by atoms with Gasteiger partial charge in [-0.25, -0.2) is 9.78 Å². The van der Waals surface area contributed by atoms with Crippen LogP contribution in [0.5, 0.6) is 0 Å². The lowest BCUT2D eigenvalue weighted by atomic mass is 9.72. The molecule has 0 amide bonds. The third-order valence-corrected chi connectivity index (χ3v) is 8.89. The quantitative estimate of drug-likeness (QED) is 0.255. The highest BCUT2D eigenvalue weighted by Crippen LogP contribution is 2.44. The first-order valence-electron chi connectivity index (χ1n) is 12.5. The van der Waals surface area contributed by atoms with Crippen LogP contribution in [-0.2, 0) is 24.0 Å². The molecule has 1 aliphatic carbocycles. The van der Waals surface area contributed by atoms with Crippen LogP contribution in [0.4, 0.5) is 5.00 Å². The minimum atomic E-state index is -0.300. The number of hydrogen-bond donors (Lipinski definition) is 1. The SMILES string of the molecule is CCOC(=O)c1c(N/C=C(/C#N)c2nc(-c3ccc(CC)cc3)cs2)sc2c1CC[C@H](C(C)(C)C)C2. The smallest absolute Gasteiger partial charge is 0.341 e. The average Bonchev–Trinajstić information content (AvgIpc) is 3.49. The first-order chi connectivity index (χ1) is 17.2. The molecule has 2 aromatic heterocycles. The molecule has 7 heteroatoms. The number of aromatic nitrogens is 1. The molecule has 0 saturated heterocycles. The van der Waals surface area contributed by atoms with Crippen LogP contribution in [0.3, 0.4) is 0 Å². The first kappa shape index (κ1) is 26.1. The van der Waals surface area contributed by atoms with Crippen molar-refractivity contribution in [2.45, 2.75) is 60.3 Å². The number of rotatable bonds is 7. The highest BCUT2D eigenvalue weighted by atomic mass is 32.1. The lowest BCUT2D eigenvalue weighted by Crippen LogP contribution is -2.26. The fraction of sp³-hybridized carbons (Fsp3) is 0.414. The van der Waals surface area contributed by atoms with Crippen LogP contribution >= 0.6 is 22.7 Å². The summed E-state index contributed by atoms with van der Waals surface area (Å²) in [5, 5.41) is 16.5. The van der Waals surface area contributed by atoms with E-state index in [1.165, 1.54) is 21.8 Å². The van der Waals surface area contributed by atoms with Crippen molar-refractivity contribution in [3.63, 3.8) is 0 Å². The van der Waals surface area contributed by atoms with Crippen LogP contribution in [-0.4, -0.2) is 17.6 Å². The minimum absolute atomic E-state index is 0.215. The van der Waals surface area contributed by atoms with Gasteiger partial charge in [0.05, 0.1) is 17.9 Å². The third-order valence-electron chi connectivity index (χ3n) is 6.83. The molecular weight excluding hydrogens is 486 g/mol. The van der Waals surface area contributed by atoms with E-state index in [-0.39, 0.29) is 11.4 Å². The Balaban J connectivity index is 1.62. The summed E-state index contributed by atoms with van der Waals surface area (Å²) >= 11 is 3.05. The molecule has 4 rings (SSSR count). The molecule has 0 spiro atoms. The average molecular weight is 520 g/mol. The maximum absolute atomic E-state index is 12.9. The zero-order valence-electron chi connectivity index (χ0n) is 21.6. The predicted molar refractivity (Wildman–Crippen MR) is 149 cm³/mol. The van der Waals surface area contributed by atoms with Gasteiger partial charge in [-0.15, -0.1) is 22.7 Å². The highest BCUT2D eigenvalue weighted by Gasteiger charge is 2.34. The zero-order chi connectivity index (χ0) is 25.9. The van der Waals surface area contributed by atoms with Gasteiger partial charge in [0.2, 0.25) is 0 Å². The monoisotopic (exact) mass is 519 g/mol. The normalized spacial score (nSPS) is 15.8. The molecule has 1 aromatic carbocycles. The second-order valence-corrected chi connectivity index (χ2v) is 12.1. The molecule has 2 heterocycles. The van der Waals surface area contributed by atoms with Crippen molar-refractivity contribution < 1.29 is 9.53 Å². The van der Waals surface area contributed by atoms with Crippen molar-refractivity contribution in [2.24, 2.45) is 11.3 Å². The van der Waals surface area contributed by atoms with Gasteiger partial charge in [-0.05, 0) is 55.1 Å². The Labute approximate surface area is 221 Å². The molecule has 36 heavy (non-hydrogen) atoms. The van der Waals surface area contributed by atoms with Crippen molar-refractivity contribution in [3.05, 3.63) is 62.4 Å². The predicted octanol–water partition coefficient (Wildman–Crippen LogP) is 7.74. The summed E-state index contributed by atoms with van der Waals surface area (Å²) in [6.07, 6.45) is 5.54. The van der Waals surface area contributed by atoms with Crippen LogP contribution in [0, 0.1) is 22.7 Å².